The summed E-state index contributed by atoms with van der Waals surface area (Å²) in [7, 11) is -20.7. The van der Waals surface area contributed by atoms with Crippen molar-refractivity contribution < 1.29 is 60.6 Å². The van der Waals surface area contributed by atoms with Crippen LogP contribution in [0.15, 0.2) is 0 Å². The van der Waals surface area contributed by atoms with E-state index < -0.39 is 103 Å². The molecule has 0 aromatic carbocycles. The van der Waals surface area contributed by atoms with Crippen LogP contribution in [-0.2, 0) is 24.7 Å². The molecule has 0 aliphatic carbocycles. The van der Waals surface area contributed by atoms with Crippen LogP contribution in [0.5, 0.6) is 0 Å². The van der Waals surface area contributed by atoms with Gasteiger partial charge < -0.3 is 34.3 Å². The molecule has 314 valence electrons. The summed E-state index contributed by atoms with van der Waals surface area (Å²) in [6.45, 7) is 28.8. The van der Waals surface area contributed by atoms with Crippen LogP contribution in [0.2, 0.25) is 117 Å². The Labute approximate surface area is 319 Å². The monoisotopic (exact) mass is 918 g/mol. The van der Waals surface area contributed by atoms with Gasteiger partial charge in [0.25, 0.3) is 0 Å². The third-order valence-electron chi connectivity index (χ3n) is 4.62. The van der Waals surface area contributed by atoms with Crippen molar-refractivity contribution in [2.45, 2.75) is 172 Å². The van der Waals surface area contributed by atoms with Gasteiger partial charge in [-0.15, -0.1) is 0 Å². The average molecular weight is 920 g/mol. The van der Waals surface area contributed by atoms with Gasteiger partial charge in [0, 0.05) is 12.8 Å². The van der Waals surface area contributed by atoms with Gasteiger partial charge in [-0.25, -0.2) is 0 Å². The molecule has 24 heteroatoms. The smallest absolute Gasteiger partial charge is 0.389 e. The summed E-state index contributed by atoms with van der Waals surface area (Å²) < 4.78 is 110. The van der Waals surface area contributed by atoms with Crippen LogP contribution in [0, 0.1) is 0 Å². The predicted octanol–water partition coefficient (Wildman–Crippen LogP) is 10.6. The Morgan fingerprint density at radius 2 is 0.700 bits per heavy atom. The molecular formula is C26H77ClF6O8Si9. The van der Waals surface area contributed by atoms with Crippen LogP contribution in [0.3, 0.4) is 0 Å². The lowest BCUT2D eigenvalue weighted by atomic mass is 10.5. The molecule has 50 heavy (non-hydrogen) atoms. The van der Waals surface area contributed by atoms with Gasteiger partial charge in [0.2, 0.25) is 0 Å². The maximum Gasteiger partial charge on any atom is 0.389 e. The summed E-state index contributed by atoms with van der Waals surface area (Å²) in [6.07, 6.45) is -10.5. The fourth-order valence-corrected chi connectivity index (χ4v) is 35.6. The highest BCUT2D eigenvalue weighted by Crippen LogP contribution is 2.32. The molecule has 0 atom stereocenters. The molecule has 0 aromatic rings. The Hall–Kier alpha value is 1.50. The van der Waals surface area contributed by atoms with E-state index in [1.165, 1.54) is 32.7 Å². The van der Waals surface area contributed by atoms with Gasteiger partial charge in [-0.2, -0.15) is 37.4 Å². The molecule has 8 nitrogen and oxygen atoms in total. The van der Waals surface area contributed by atoms with Crippen LogP contribution in [-0.4, -0.2) is 99.5 Å². The Kier molecular flexibility index (Phi) is 35.0. The van der Waals surface area contributed by atoms with Crippen molar-refractivity contribution >= 4 is 88.6 Å². The Bertz CT molecular complexity index is 806. The first kappa shape index (κ1) is 66.3. The second kappa shape index (κ2) is 26.4. The third-order valence-corrected chi connectivity index (χ3v) is 30.1. The second-order valence-electron chi connectivity index (χ2n) is 13.9. The van der Waals surface area contributed by atoms with Crippen molar-refractivity contribution in [3.63, 3.8) is 0 Å². The van der Waals surface area contributed by atoms with Gasteiger partial charge in [0.15, 0.2) is 18.1 Å². The normalized spacial score (nSPS) is 13.2. The summed E-state index contributed by atoms with van der Waals surface area (Å²) in [5.74, 6) is 0. The first-order valence-electron chi connectivity index (χ1n) is 15.2. The zero-order chi connectivity index (χ0) is 37.8. The van der Waals surface area contributed by atoms with E-state index in [-0.39, 0.29) is 41.8 Å². The van der Waals surface area contributed by atoms with Crippen LogP contribution < -0.4 is 0 Å². The zero-order valence-electron chi connectivity index (χ0n) is 30.6. The molecule has 0 saturated carbocycles. The third kappa shape index (κ3) is 47.5. The first-order chi connectivity index (χ1) is 19.8. The highest BCUT2D eigenvalue weighted by atomic mass is 35.6. The molecule has 0 rings (SSSR count). The average Bonchev–Trinajstić information content (AvgIpc) is 2.64. The second-order valence-corrected chi connectivity index (χ2v) is 44.9. The molecule has 2 N–H and O–H groups in total. The molecule has 0 heterocycles. The Morgan fingerprint density at radius 3 is 0.860 bits per heavy atom. The highest BCUT2D eigenvalue weighted by molar-refractivity contribution is 7.05. The SMILES string of the molecule is C.C.C.C.C[SiH](C)Cl.C[SiH](C)O[Si](C)(C)O[Si](C)(CCC(F)(F)F)O[Si](C)(C)O[SiH](C)C.C[Si](C)(O)O[Si](C)(CCC(F)(F)F)O[Si](C)(C)O. The van der Waals surface area contributed by atoms with Gasteiger partial charge in [0.05, 0.1) is 0 Å². The molecule has 0 aromatic heterocycles. The van der Waals surface area contributed by atoms with Crippen molar-refractivity contribution in [2.24, 2.45) is 0 Å². The minimum absolute atomic E-state index is 0. The molecule has 0 bridgehead atoms. The van der Waals surface area contributed by atoms with Crippen LogP contribution in [0.25, 0.3) is 0 Å². The quantitative estimate of drug-likeness (QED) is 0.0898. The van der Waals surface area contributed by atoms with Gasteiger partial charge >= 0.3 is 63.7 Å². The molecule has 0 amide bonds. The van der Waals surface area contributed by atoms with E-state index in [4.69, 9.17) is 35.8 Å². The molecule has 0 radical (unpaired) electrons. The van der Waals surface area contributed by atoms with Crippen molar-refractivity contribution in [3.8, 4) is 0 Å². The fourth-order valence-electron chi connectivity index (χ4n) is 4.26. The van der Waals surface area contributed by atoms with E-state index in [1.807, 2.05) is 52.4 Å². The van der Waals surface area contributed by atoms with Gasteiger partial charge in [-0.3, -0.25) is 0 Å². The summed E-state index contributed by atoms with van der Waals surface area (Å²) >= 11 is 5.41. The number of alkyl halides is 6. The number of halogens is 7. The van der Waals surface area contributed by atoms with Gasteiger partial charge in [0.1, 0.15) is 8.11 Å². The summed E-state index contributed by atoms with van der Waals surface area (Å²) in [5.41, 5.74) is 0. The molecule has 0 saturated heterocycles. The number of rotatable bonds is 16. The molecular weight excluding hydrogens is 842 g/mol. The van der Waals surface area contributed by atoms with Crippen LogP contribution in [0.4, 0.5) is 26.3 Å². The van der Waals surface area contributed by atoms with E-state index in [1.54, 1.807) is 6.55 Å². The van der Waals surface area contributed by atoms with Crippen LogP contribution in [0.1, 0.15) is 42.5 Å². The minimum atomic E-state index is -4.30. The maximum absolute atomic E-state index is 12.8. The Balaban J connectivity index is -0.000000127. The lowest BCUT2D eigenvalue weighted by molar-refractivity contribution is -0.132. The Morgan fingerprint density at radius 1 is 0.500 bits per heavy atom. The van der Waals surface area contributed by atoms with Crippen molar-refractivity contribution in [1.82, 2.24) is 0 Å². The van der Waals surface area contributed by atoms with Gasteiger partial charge in [-0.05, 0) is 104 Å². The van der Waals surface area contributed by atoms with E-state index in [0.717, 1.165) is 0 Å². The molecule has 0 fully saturated rings. The van der Waals surface area contributed by atoms with E-state index in [0.29, 0.717) is 0 Å². The lowest BCUT2D eigenvalue weighted by Crippen LogP contribution is -2.57. The van der Waals surface area contributed by atoms with Crippen molar-refractivity contribution in [1.29, 1.82) is 0 Å². The zero-order valence-corrected chi connectivity index (χ0v) is 40.8. The van der Waals surface area contributed by atoms with E-state index in [2.05, 4.69) is 13.1 Å². The summed E-state index contributed by atoms with van der Waals surface area (Å²) in [4.78, 5) is 19.4. The molecule has 0 unspecified atom stereocenters. The standard InChI is InChI=1S/C12H33F3O4Si5.C8H21F3O4Si3.C2H7ClSi.4CH4/c1-20(2)16-22(5,6)18-24(9,11-10-12(13,14)15)19-23(7,8)17-21(3)4;1-16(2,12)14-18(5,15-17(3,4)13)7-6-8(9,10)11;1-4(2)3;;;;/h20-21H,10-11H2,1-9H3;12-13H,6-7H2,1-5H3;4H,1-2H3;4*1H4. The maximum atomic E-state index is 12.8. The van der Waals surface area contributed by atoms with E-state index >= 15 is 0 Å². The first-order valence-corrected chi connectivity index (χ1v) is 41.2. The fraction of sp³-hybridized carbons (Fsp3) is 1.00. The molecule has 0 spiro atoms. The van der Waals surface area contributed by atoms with E-state index in [9.17, 15) is 35.9 Å². The molecule has 0 aliphatic heterocycles. The van der Waals surface area contributed by atoms with Gasteiger partial charge in [-0.1, -0.05) is 42.8 Å². The number of hydrogen-bond acceptors (Lipinski definition) is 8. The summed E-state index contributed by atoms with van der Waals surface area (Å²) in [5, 5.41) is 0. The largest absolute Gasteiger partial charge is 0.440 e. The summed E-state index contributed by atoms with van der Waals surface area (Å²) in [6, 6.07) is -0.458. The number of hydrogen-bond donors (Lipinski definition) is 2. The van der Waals surface area contributed by atoms with Crippen molar-refractivity contribution in [2.75, 3.05) is 0 Å². The topological polar surface area (TPSA) is 95.8 Å². The van der Waals surface area contributed by atoms with Crippen LogP contribution >= 0.6 is 11.1 Å². The lowest BCUT2D eigenvalue weighted by Gasteiger charge is -2.41. The highest BCUT2D eigenvalue weighted by Gasteiger charge is 2.48. The van der Waals surface area contributed by atoms with Crippen molar-refractivity contribution in [3.05, 3.63) is 0 Å². The molecule has 0 aliphatic rings. The predicted molar refractivity (Wildman–Crippen MR) is 224 cm³/mol. The minimum Gasteiger partial charge on any atom is -0.440 e.